The molecule has 0 N–H and O–H groups in total. The number of hydrogen-bond donors (Lipinski definition) is 0. The number of anilines is 2. The molecule has 1 aliphatic rings. The van der Waals surface area contributed by atoms with E-state index in [1.54, 1.807) is 48.7 Å². The minimum Gasteiger partial charge on any atom is -0.362 e. The van der Waals surface area contributed by atoms with Crippen molar-refractivity contribution in [1.29, 1.82) is 0 Å². The summed E-state index contributed by atoms with van der Waals surface area (Å²) in [6.07, 6.45) is 1.61. The molecule has 2 heterocycles. The molecule has 28 heavy (non-hydrogen) atoms. The standard InChI is InChI=1S/C19H17N5O4/c25-23(26)17-6-2-1-5-16(17)21-10-12-22(13-11-21)18-8-7-15-14(4-3-9-20-15)19(18)24(27)28/h1-9H,10-13H2. The molecule has 0 unspecified atom stereocenters. The molecule has 3 aromatic rings. The molecule has 1 saturated heterocycles. The van der Waals surface area contributed by atoms with E-state index in [4.69, 9.17) is 0 Å². The Morgan fingerprint density at radius 2 is 1.46 bits per heavy atom. The van der Waals surface area contributed by atoms with Crippen molar-refractivity contribution >= 4 is 33.7 Å². The number of nitrogens with zero attached hydrogens (tertiary/aromatic N) is 5. The van der Waals surface area contributed by atoms with Gasteiger partial charge in [-0.3, -0.25) is 25.2 Å². The van der Waals surface area contributed by atoms with Gasteiger partial charge in [0, 0.05) is 38.4 Å². The summed E-state index contributed by atoms with van der Waals surface area (Å²) in [5, 5.41) is 23.5. The van der Waals surface area contributed by atoms with E-state index in [0.29, 0.717) is 48.5 Å². The zero-order valence-corrected chi connectivity index (χ0v) is 14.9. The molecule has 142 valence electrons. The Morgan fingerprint density at radius 1 is 0.786 bits per heavy atom. The lowest BCUT2D eigenvalue weighted by atomic mass is 10.1. The quantitative estimate of drug-likeness (QED) is 0.505. The van der Waals surface area contributed by atoms with Crippen LogP contribution in [0.25, 0.3) is 10.9 Å². The maximum Gasteiger partial charge on any atom is 0.301 e. The van der Waals surface area contributed by atoms with E-state index in [2.05, 4.69) is 4.98 Å². The molecule has 9 nitrogen and oxygen atoms in total. The molecule has 0 radical (unpaired) electrons. The molecule has 0 bridgehead atoms. The van der Waals surface area contributed by atoms with Crippen molar-refractivity contribution in [2.24, 2.45) is 0 Å². The summed E-state index contributed by atoms with van der Waals surface area (Å²) in [5.41, 5.74) is 1.82. The highest BCUT2D eigenvalue weighted by Crippen LogP contribution is 2.36. The molecule has 0 aliphatic carbocycles. The highest BCUT2D eigenvalue weighted by atomic mass is 16.6. The summed E-state index contributed by atoms with van der Waals surface area (Å²) in [5.74, 6) is 0. The van der Waals surface area contributed by atoms with Gasteiger partial charge in [-0.2, -0.15) is 0 Å². The first-order valence-corrected chi connectivity index (χ1v) is 8.81. The summed E-state index contributed by atoms with van der Waals surface area (Å²) in [6, 6.07) is 13.5. The first-order chi connectivity index (χ1) is 13.6. The van der Waals surface area contributed by atoms with Crippen LogP contribution in [0.2, 0.25) is 0 Å². The van der Waals surface area contributed by atoms with Crippen LogP contribution in [0.3, 0.4) is 0 Å². The smallest absolute Gasteiger partial charge is 0.301 e. The van der Waals surface area contributed by atoms with Crippen molar-refractivity contribution < 1.29 is 9.85 Å². The normalized spacial score (nSPS) is 14.3. The first kappa shape index (κ1) is 17.7. The van der Waals surface area contributed by atoms with Crippen LogP contribution in [0.5, 0.6) is 0 Å². The van der Waals surface area contributed by atoms with Gasteiger partial charge in [0.25, 0.3) is 5.69 Å². The molecule has 1 aliphatic heterocycles. The van der Waals surface area contributed by atoms with E-state index in [1.165, 1.54) is 6.07 Å². The Hall–Kier alpha value is -3.75. The van der Waals surface area contributed by atoms with Gasteiger partial charge >= 0.3 is 5.69 Å². The summed E-state index contributed by atoms with van der Waals surface area (Å²) < 4.78 is 0. The summed E-state index contributed by atoms with van der Waals surface area (Å²) in [6.45, 7) is 2.12. The predicted octanol–water partition coefficient (Wildman–Crippen LogP) is 3.38. The van der Waals surface area contributed by atoms with E-state index in [0.717, 1.165) is 0 Å². The zero-order valence-electron chi connectivity index (χ0n) is 14.9. The van der Waals surface area contributed by atoms with Crippen molar-refractivity contribution in [1.82, 2.24) is 4.98 Å². The molecule has 2 aromatic carbocycles. The third kappa shape index (κ3) is 3.07. The van der Waals surface area contributed by atoms with Crippen LogP contribution in [0, 0.1) is 20.2 Å². The minimum atomic E-state index is -0.386. The SMILES string of the molecule is O=[N+]([O-])c1ccccc1N1CCN(c2ccc3ncccc3c2[N+](=O)[O-])CC1. The zero-order chi connectivity index (χ0) is 19.7. The lowest BCUT2D eigenvalue weighted by Crippen LogP contribution is -2.46. The van der Waals surface area contributed by atoms with E-state index in [1.807, 2.05) is 9.80 Å². The van der Waals surface area contributed by atoms with Crippen molar-refractivity contribution in [2.75, 3.05) is 36.0 Å². The highest BCUT2D eigenvalue weighted by Gasteiger charge is 2.28. The van der Waals surface area contributed by atoms with Crippen LogP contribution in [-0.4, -0.2) is 41.0 Å². The van der Waals surface area contributed by atoms with Crippen LogP contribution in [0.4, 0.5) is 22.7 Å². The Bertz CT molecular complexity index is 1060. The molecule has 1 aromatic heterocycles. The molecule has 0 amide bonds. The number of hydrogen-bond acceptors (Lipinski definition) is 7. The fourth-order valence-electron chi connectivity index (χ4n) is 3.65. The minimum absolute atomic E-state index is 0.0461. The number of para-hydroxylation sites is 2. The highest BCUT2D eigenvalue weighted by molar-refractivity contribution is 5.94. The number of rotatable bonds is 4. The van der Waals surface area contributed by atoms with Gasteiger partial charge in [0.15, 0.2) is 0 Å². The molecule has 0 atom stereocenters. The predicted molar refractivity (Wildman–Crippen MR) is 106 cm³/mol. The second kappa shape index (κ2) is 7.10. The second-order valence-corrected chi connectivity index (χ2v) is 6.48. The number of benzene rings is 2. The molecule has 4 rings (SSSR count). The number of piperazine rings is 1. The maximum absolute atomic E-state index is 11.7. The topological polar surface area (TPSA) is 106 Å². The number of nitro groups is 2. The van der Waals surface area contributed by atoms with Gasteiger partial charge in [0.1, 0.15) is 11.4 Å². The van der Waals surface area contributed by atoms with Gasteiger partial charge in [0.2, 0.25) is 0 Å². The van der Waals surface area contributed by atoms with E-state index < -0.39 is 0 Å². The lowest BCUT2D eigenvalue weighted by molar-refractivity contribution is -0.384. The number of fused-ring (bicyclic) bond motifs is 1. The van der Waals surface area contributed by atoms with Crippen molar-refractivity contribution in [3.05, 3.63) is 75.0 Å². The number of pyridine rings is 1. The molecule has 0 saturated carbocycles. The average Bonchev–Trinajstić information content (AvgIpc) is 2.73. The van der Waals surface area contributed by atoms with E-state index in [-0.39, 0.29) is 21.2 Å². The van der Waals surface area contributed by atoms with Crippen LogP contribution in [0.15, 0.2) is 54.7 Å². The molecular formula is C19H17N5O4. The summed E-state index contributed by atoms with van der Waals surface area (Å²) in [4.78, 5) is 30.4. The van der Waals surface area contributed by atoms with Crippen LogP contribution < -0.4 is 9.80 Å². The first-order valence-electron chi connectivity index (χ1n) is 8.81. The van der Waals surface area contributed by atoms with Gasteiger partial charge in [0.05, 0.1) is 20.7 Å². The van der Waals surface area contributed by atoms with Crippen molar-refractivity contribution in [3.63, 3.8) is 0 Å². The Kier molecular flexibility index (Phi) is 4.48. The molecule has 1 fully saturated rings. The Labute approximate surface area is 160 Å². The fourth-order valence-corrected chi connectivity index (χ4v) is 3.65. The second-order valence-electron chi connectivity index (χ2n) is 6.48. The summed E-state index contributed by atoms with van der Waals surface area (Å²) in [7, 11) is 0. The Balaban J connectivity index is 1.62. The third-order valence-corrected chi connectivity index (χ3v) is 4.96. The van der Waals surface area contributed by atoms with Gasteiger partial charge in [-0.1, -0.05) is 12.1 Å². The Morgan fingerprint density at radius 3 is 2.14 bits per heavy atom. The van der Waals surface area contributed by atoms with Crippen molar-refractivity contribution in [2.45, 2.75) is 0 Å². The number of aromatic nitrogens is 1. The van der Waals surface area contributed by atoms with Gasteiger partial charge in [-0.05, 0) is 30.3 Å². The largest absolute Gasteiger partial charge is 0.362 e. The molecule has 9 heteroatoms. The van der Waals surface area contributed by atoms with Crippen molar-refractivity contribution in [3.8, 4) is 0 Å². The monoisotopic (exact) mass is 379 g/mol. The van der Waals surface area contributed by atoms with Crippen LogP contribution in [-0.2, 0) is 0 Å². The van der Waals surface area contributed by atoms with Gasteiger partial charge in [-0.25, -0.2) is 0 Å². The van der Waals surface area contributed by atoms with E-state index in [9.17, 15) is 20.2 Å². The third-order valence-electron chi connectivity index (χ3n) is 4.96. The molecular weight excluding hydrogens is 362 g/mol. The van der Waals surface area contributed by atoms with E-state index >= 15 is 0 Å². The summed E-state index contributed by atoms with van der Waals surface area (Å²) >= 11 is 0. The van der Waals surface area contributed by atoms with Gasteiger partial charge in [-0.15, -0.1) is 0 Å². The average molecular weight is 379 g/mol. The van der Waals surface area contributed by atoms with Crippen LogP contribution in [0.1, 0.15) is 0 Å². The number of nitro benzene ring substituents is 2. The lowest BCUT2D eigenvalue weighted by Gasteiger charge is -2.36. The maximum atomic E-state index is 11.7. The van der Waals surface area contributed by atoms with Gasteiger partial charge < -0.3 is 9.80 Å². The fraction of sp³-hybridized carbons (Fsp3) is 0.211. The van der Waals surface area contributed by atoms with Crippen LogP contribution >= 0.6 is 0 Å². The molecule has 0 spiro atoms.